The number of aliphatic carboxylic acids is 1. The number of quaternary nitrogens is 1. The van der Waals surface area contributed by atoms with Gasteiger partial charge in [0.05, 0.1) is 34.4 Å². The predicted molar refractivity (Wildman–Crippen MR) is 229 cm³/mol. The highest BCUT2D eigenvalue weighted by molar-refractivity contribution is 5.72. The molecule has 0 rings (SSSR count). The van der Waals surface area contributed by atoms with E-state index in [1.165, 1.54) is 25.7 Å². The van der Waals surface area contributed by atoms with Crippen molar-refractivity contribution in [2.24, 2.45) is 0 Å². The molecule has 0 bridgehead atoms. The normalized spacial score (nSPS) is 14.0. The van der Waals surface area contributed by atoms with Gasteiger partial charge in [0, 0.05) is 19.3 Å². The molecule has 0 aromatic heterocycles. The van der Waals surface area contributed by atoms with Gasteiger partial charge in [-0.2, -0.15) is 0 Å². The quantitative estimate of drug-likeness (QED) is 0.0225. The molecule has 0 heterocycles. The van der Waals surface area contributed by atoms with Crippen LogP contribution in [0.5, 0.6) is 0 Å². The Morgan fingerprint density at radius 2 is 1.05 bits per heavy atom. The summed E-state index contributed by atoms with van der Waals surface area (Å²) in [6.07, 6.45) is 48.8. The average molecular weight is 767 g/mol. The minimum Gasteiger partial charge on any atom is -0.477 e. The zero-order chi connectivity index (χ0) is 40.7. The van der Waals surface area contributed by atoms with Crippen LogP contribution in [0.3, 0.4) is 0 Å². The van der Waals surface area contributed by atoms with Gasteiger partial charge in [-0.3, -0.25) is 9.59 Å². The van der Waals surface area contributed by atoms with Crippen molar-refractivity contribution >= 4 is 17.9 Å². The van der Waals surface area contributed by atoms with Crippen molar-refractivity contribution in [3.05, 3.63) is 97.2 Å². The van der Waals surface area contributed by atoms with Crippen molar-refractivity contribution in [1.82, 2.24) is 0 Å². The number of ether oxygens (including phenoxy) is 3. The van der Waals surface area contributed by atoms with Gasteiger partial charge in [-0.05, 0) is 57.8 Å². The van der Waals surface area contributed by atoms with Crippen LogP contribution in [0.25, 0.3) is 0 Å². The van der Waals surface area contributed by atoms with Crippen LogP contribution < -0.4 is 0 Å². The van der Waals surface area contributed by atoms with Crippen LogP contribution in [0, 0.1) is 0 Å². The lowest BCUT2D eigenvalue weighted by Gasteiger charge is -2.31. The number of carboxylic acid groups (broad SMARTS) is 1. The molecular formula is C47H76NO7+. The number of carboxylic acids is 1. The first-order valence-electron chi connectivity index (χ1n) is 20.9. The van der Waals surface area contributed by atoms with Gasteiger partial charge in [0.15, 0.2) is 12.1 Å². The summed E-state index contributed by atoms with van der Waals surface area (Å²) < 4.78 is 17.2. The topological polar surface area (TPSA) is 99.1 Å². The standard InChI is InChI=1S/C47H75NO7/c1-6-8-10-12-14-16-18-20-22-23-24-26-28-30-32-34-36-38-46(50)55-43(41-53-40-39-44(47(51)52)48(3,4)5)42-54-45(49)37-35-33-31-29-27-25-21-19-17-15-13-11-9-7-2/h8-12,14-18,20,22-24,26,28,43-44H,6-7,13,19,21,25,27,29-42H2,1-5H3/p+1/b10-8+,11-9+,14-12+,17-15+,18-16+,22-20+,24-23+,28-26+. The van der Waals surface area contributed by atoms with Gasteiger partial charge in [-0.15, -0.1) is 0 Å². The second-order valence-electron chi connectivity index (χ2n) is 14.6. The third-order valence-electron chi connectivity index (χ3n) is 8.64. The lowest BCUT2D eigenvalue weighted by Crippen LogP contribution is -2.50. The fourth-order valence-electron chi connectivity index (χ4n) is 5.45. The van der Waals surface area contributed by atoms with E-state index in [-0.39, 0.29) is 42.7 Å². The van der Waals surface area contributed by atoms with Gasteiger partial charge in [0.2, 0.25) is 0 Å². The number of unbranched alkanes of at least 4 members (excludes halogenated alkanes) is 10. The Balaban J connectivity index is 4.52. The molecule has 55 heavy (non-hydrogen) atoms. The van der Waals surface area contributed by atoms with Gasteiger partial charge in [-0.1, -0.05) is 150 Å². The molecule has 0 aliphatic carbocycles. The molecule has 0 aromatic rings. The van der Waals surface area contributed by atoms with Crippen LogP contribution in [0.4, 0.5) is 0 Å². The highest BCUT2D eigenvalue weighted by Gasteiger charge is 2.31. The molecule has 0 radical (unpaired) electrons. The fourth-order valence-corrected chi connectivity index (χ4v) is 5.45. The summed E-state index contributed by atoms with van der Waals surface area (Å²) >= 11 is 0. The van der Waals surface area contributed by atoms with Crippen molar-refractivity contribution in [2.45, 2.75) is 142 Å². The van der Waals surface area contributed by atoms with E-state index >= 15 is 0 Å². The molecule has 0 aliphatic rings. The Morgan fingerprint density at radius 1 is 0.564 bits per heavy atom. The second kappa shape index (κ2) is 37.2. The summed E-state index contributed by atoms with van der Waals surface area (Å²) in [7, 11) is 5.49. The van der Waals surface area contributed by atoms with Crippen LogP contribution in [0.15, 0.2) is 97.2 Å². The summed E-state index contributed by atoms with van der Waals surface area (Å²) in [4.78, 5) is 36.9. The molecule has 8 nitrogen and oxygen atoms in total. The first-order valence-corrected chi connectivity index (χ1v) is 20.9. The largest absolute Gasteiger partial charge is 0.477 e. The molecule has 2 unspecified atom stereocenters. The van der Waals surface area contributed by atoms with E-state index in [4.69, 9.17) is 14.2 Å². The van der Waals surface area contributed by atoms with E-state index in [9.17, 15) is 19.5 Å². The molecule has 0 saturated carbocycles. The van der Waals surface area contributed by atoms with Crippen molar-refractivity contribution in [3.8, 4) is 0 Å². The molecule has 0 amide bonds. The molecule has 0 spiro atoms. The van der Waals surface area contributed by atoms with Gasteiger partial charge >= 0.3 is 17.9 Å². The zero-order valence-electron chi connectivity index (χ0n) is 35.1. The smallest absolute Gasteiger partial charge is 0.362 e. The third kappa shape index (κ3) is 35.7. The van der Waals surface area contributed by atoms with Crippen LogP contribution in [0.1, 0.15) is 129 Å². The second-order valence-corrected chi connectivity index (χ2v) is 14.6. The zero-order valence-corrected chi connectivity index (χ0v) is 35.1. The summed E-state index contributed by atoms with van der Waals surface area (Å²) in [5, 5.41) is 9.61. The summed E-state index contributed by atoms with van der Waals surface area (Å²) in [5.41, 5.74) is 0. The minimum atomic E-state index is -0.890. The molecule has 0 fully saturated rings. The number of likely N-dealkylation sites (N-methyl/N-ethyl adjacent to an activating group) is 1. The van der Waals surface area contributed by atoms with Crippen LogP contribution >= 0.6 is 0 Å². The molecule has 2 atom stereocenters. The maximum atomic E-state index is 12.7. The molecular weight excluding hydrogens is 691 g/mol. The fraction of sp³-hybridized carbons (Fsp3) is 0.596. The number of carbonyl (C=O) groups excluding carboxylic acids is 2. The van der Waals surface area contributed by atoms with Crippen molar-refractivity contribution in [2.75, 3.05) is 41.0 Å². The van der Waals surface area contributed by atoms with Gasteiger partial charge in [0.25, 0.3) is 0 Å². The van der Waals surface area contributed by atoms with Gasteiger partial charge in [-0.25, -0.2) is 4.79 Å². The van der Waals surface area contributed by atoms with Crippen molar-refractivity contribution in [1.29, 1.82) is 0 Å². The van der Waals surface area contributed by atoms with E-state index in [1.54, 1.807) is 0 Å². The highest BCUT2D eigenvalue weighted by atomic mass is 16.6. The van der Waals surface area contributed by atoms with E-state index < -0.39 is 18.1 Å². The number of esters is 2. The van der Waals surface area contributed by atoms with Crippen LogP contribution in [-0.4, -0.2) is 80.6 Å². The minimum absolute atomic E-state index is 0.0334. The maximum Gasteiger partial charge on any atom is 0.362 e. The van der Waals surface area contributed by atoms with E-state index in [1.807, 2.05) is 81.9 Å². The predicted octanol–water partition coefficient (Wildman–Crippen LogP) is 11.1. The molecule has 0 saturated heterocycles. The number of nitrogens with zero attached hydrogens (tertiary/aromatic N) is 1. The lowest BCUT2D eigenvalue weighted by atomic mass is 10.1. The number of rotatable bonds is 35. The number of carbonyl (C=O) groups is 3. The maximum absolute atomic E-state index is 12.7. The summed E-state index contributed by atoms with van der Waals surface area (Å²) in [6.45, 7) is 4.40. The Hall–Kier alpha value is -3.75. The number of allylic oxidation sites excluding steroid dienone is 16. The SMILES string of the molecule is CC/C=C/C=C/C=C/C=C/C=C/C=C/CCCCCC(=O)OC(COCCC(C(=O)O)[N+](C)(C)C)COC(=O)CCCCCCCCC/C=C/C/C=C/CC. The Bertz CT molecular complexity index is 1220. The van der Waals surface area contributed by atoms with Crippen LogP contribution in [-0.2, 0) is 28.6 Å². The summed E-state index contributed by atoms with van der Waals surface area (Å²) in [5.74, 6) is -1.55. The Labute approximate surface area is 335 Å². The first-order chi connectivity index (χ1) is 26.6. The van der Waals surface area contributed by atoms with E-state index in [2.05, 4.69) is 50.3 Å². The Kier molecular flexibility index (Phi) is 34.7. The monoisotopic (exact) mass is 767 g/mol. The molecule has 1 N–H and O–H groups in total. The lowest BCUT2D eigenvalue weighted by molar-refractivity contribution is -0.887. The van der Waals surface area contributed by atoms with Crippen LogP contribution in [0.2, 0.25) is 0 Å². The molecule has 8 heteroatoms. The molecule has 310 valence electrons. The van der Waals surface area contributed by atoms with E-state index in [0.717, 1.165) is 64.2 Å². The number of hydrogen-bond acceptors (Lipinski definition) is 6. The van der Waals surface area contributed by atoms with Gasteiger partial charge in [0.1, 0.15) is 6.61 Å². The average Bonchev–Trinajstić information content (AvgIpc) is 3.14. The third-order valence-corrected chi connectivity index (χ3v) is 8.64. The summed E-state index contributed by atoms with van der Waals surface area (Å²) in [6, 6.07) is -0.630. The number of hydrogen-bond donors (Lipinski definition) is 1. The Morgan fingerprint density at radius 3 is 1.64 bits per heavy atom. The van der Waals surface area contributed by atoms with E-state index in [0.29, 0.717) is 19.3 Å². The first kappa shape index (κ1) is 51.2. The molecule has 0 aromatic carbocycles. The highest BCUT2D eigenvalue weighted by Crippen LogP contribution is 2.13. The van der Waals surface area contributed by atoms with Gasteiger partial charge < -0.3 is 23.8 Å². The van der Waals surface area contributed by atoms with Crippen molar-refractivity contribution in [3.63, 3.8) is 0 Å². The van der Waals surface area contributed by atoms with Crippen molar-refractivity contribution < 1.29 is 38.2 Å². The molecule has 0 aliphatic heterocycles.